The topological polar surface area (TPSA) is 9.86 Å². The summed E-state index contributed by atoms with van der Waals surface area (Å²) >= 11 is 0. The van der Waals surface area contributed by atoms with E-state index in [1.807, 2.05) is 0 Å². The van der Waals surface area contributed by atoms with Crippen LogP contribution in [0.15, 0.2) is 231 Å². The Morgan fingerprint density at radius 3 is 1.36 bits per heavy atom. The van der Waals surface area contributed by atoms with Crippen LogP contribution in [0, 0.1) is 0 Å². The van der Waals surface area contributed by atoms with Gasteiger partial charge in [0.15, 0.2) is 0 Å². The van der Waals surface area contributed by atoms with Crippen molar-refractivity contribution in [1.82, 2.24) is 9.13 Å². The fraction of sp³-hybridized carbons (Fsp3) is 0. The lowest BCUT2D eigenvalue weighted by atomic mass is 9.87. The van der Waals surface area contributed by atoms with Gasteiger partial charge in [0.2, 0.25) is 0 Å². The Bertz CT molecular complexity index is 3120. The van der Waals surface area contributed by atoms with Gasteiger partial charge in [0.25, 0.3) is 0 Å². The van der Waals surface area contributed by atoms with Gasteiger partial charge < -0.3 is 9.13 Å². The highest BCUT2D eigenvalue weighted by molar-refractivity contribution is 6.19. The molecule has 2 heteroatoms. The second kappa shape index (κ2) is 14.1. The first-order valence-electron chi connectivity index (χ1n) is 19.9. The van der Waals surface area contributed by atoms with Gasteiger partial charge in [-0.25, -0.2) is 0 Å². The largest absolute Gasteiger partial charge is 0.316 e. The Morgan fingerprint density at radius 2 is 0.793 bits per heavy atom. The van der Waals surface area contributed by atoms with Crippen LogP contribution in [-0.2, 0) is 0 Å². The molecule has 0 spiro atoms. The van der Waals surface area contributed by atoms with Crippen molar-refractivity contribution in [2.24, 2.45) is 0 Å². The summed E-state index contributed by atoms with van der Waals surface area (Å²) in [5, 5.41) is 3.66. The molecule has 0 radical (unpaired) electrons. The van der Waals surface area contributed by atoms with Crippen molar-refractivity contribution in [2.45, 2.75) is 0 Å². The molecule has 2 aromatic heterocycles. The van der Waals surface area contributed by atoms with E-state index in [-0.39, 0.29) is 0 Å². The predicted molar refractivity (Wildman–Crippen MR) is 245 cm³/mol. The van der Waals surface area contributed by atoms with Gasteiger partial charge in [-0.1, -0.05) is 170 Å². The number of aromatic nitrogens is 2. The van der Waals surface area contributed by atoms with Gasteiger partial charge in [-0.2, -0.15) is 0 Å². The van der Waals surface area contributed by atoms with Gasteiger partial charge in [-0.05, 0) is 110 Å². The predicted octanol–water partition coefficient (Wildman–Crippen LogP) is 15.1. The molecule has 2 heterocycles. The quantitative estimate of drug-likeness (QED) is 0.154. The zero-order valence-electron chi connectivity index (χ0n) is 31.8. The summed E-state index contributed by atoms with van der Waals surface area (Å²) in [5.74, 6) is 0. The number of benzene rings is 9. The lowest BCUT2D eigenvalue weighted by molar-refractivity contribution is 1.13. The summed E-state index contributed by atoms with van der Waals surface area (Å²) < 4.78 is 4.81. The first-order chi connectivity index (χ1) is 28.8. The Labute approximate surface area is 338 Å². The summed E-state index contributed by atoms with van der Waals surface area (Å²) in [5.41, 5.74) is 17.9. The van der Waals surface area contributed by atoms with Crippen LogP contribution < -0.4 is 0 Å². The van der Waals surface area contributed by atoms with Crippen molar-refractivity contribution < 1.29 is 0 Å². The highest BCUT2D eigenvalue weighted by Crippen LogP contribution is 2.44. The maximum Gasteiger partial charge on any atom is 0.0635 e. The summed E-state index contributed by atoms with van der Waals surface area (Å²) in [4.78, 5) is 0. The first kappa shape index (κ1) is 33.6. The molecule has 0 unspecified atom stereocenters. The molecule has 9 aromatic carbocycles. The van der Waals surface area contributed by atoms with E-state index in [9.17, 15) is 0 Å². The molecule has 2 nitrogen and oxygen atoms in total. The molecule has 0 aliphatic carbocycles. The molecule has 58 heavy (non-hydrogen) atoms. The fourth-order valence-corrected chi connectivity index (χ4v) is 8.88. The maximum atomic E-state index is 2.46. The molecule has 0 amide bonds. The van der Waals surface area contributed by atoms with Crippen molar-refractivity contribution in [3.63, 3.8) is 0 Å². The first-order valence-corrected chi connectivity index (χ1v) is 19.9. The van der Waals surface area contributed by atoms with Gasteiger partial charge in [0, 0.05) is 33.7 Å². The van der Waals surface area contributed by atoms with Crippen LogP contribution in [0.5, 0.6) is 0 Å². The Kier molecular flexibility index (Phi) is 8.19. The standard InChI is InChI=1S/C56H38N2/c1-6-17-39(18-7-1)44-35-45(40-19-8-2-9-20-40)37-47(36-44)57-34-33-51-53(57)32-30-50-52-38-43(29-31-54(52)58(56(50)51)46-25-14-5-15-26-46)55-48(41-21-10-3-11-22-41)27-16-28-49(55)42-23-12-4-13-24-42/h1-38H. The number of hydrogen-bond donors (Lipinski definition) is 0. The van der Waals surface area contributed by atoms with E-state index in [1.54, 1.807) is 0 Å². The fourth-order valence-electron chi connectivity index (χ4n) is 8.88. The zero-order valence-corrected chi connectivity index (χ0v) is 31.8. The lowest BCUT2D eigenvalue weighted by Crippen LogP contribution is -1.96. The van der Waals surface area contributed by atoms with Crippen LogP contribution in [0.1, 0.15) is 0 Å². The summed E-state index contributed by atoms with van der Waals surface area (Å²) in [6.45, 7) is 0. The number of nitrogens with zero attached hydrogens (tertiary/aromatic N) is 2. The minimum absolute atomic E-state index is 1.13. The third-order valence-corrected chi connectivity index (χ3v) is 11.5. The van der Waals surface area contributed by atoms with Crippen molar-refractivity contribution in [2.75, 3.05) is 0 Å². The molecular weight excluding hydrogens is 701 g/mol. The van der Waals surface area contributed by atoms with Crippen molar-refractivity contribution >= 4 is 32.7 Å². The number of para-hydroxylation sites is 1. The molecule has 0 saturated heterocycles. The second-order valence-corrected chi connectivity index (χ2v) is 14.9. The van der Waals surface area contributed by atoms with E-state index in [1.165, 1.54) is 82.8 Å². The third kappa shape index (κ3) is 5.74. The van der Waals surface area contributed by atoms with Crippen molar-refractivity contribution in [1.29, 1.82) is 0 Å². The third-order valence-electron chi connectivity index (χ3n) is 11.5. The van der Waals surface area contributed by atoms with Gasteiger partial charge in [-0.3, -0.25) is 0 Å². The van der Waals surface area contributed by atoms with Crippen LogP contribution in [-0.4, -0.2) is 9.13 Å². The average molecular weight is 739 g/mol. The average Bonchev–Trinajstić information content (AvgIpc) is 3.89. The summed E-state index contributed by atoms with van der Waals surface area (Å²) in [6, 6.07) is 81.4. The van der Waals surface area contributed by atoms with E-state index >= 15 is 0 Å². The van der Waals surface area contributed by atoms with Gasteiger partial charge in [-0.15, -0.1) is 0 Å². The normalized spacial score (nSPS) is 11.4. The Balaban J connectivity index is 1.16. The lowest BCUT2D eigenvalue weighted by Gasteiger charge is -2.17. The van der Waals surface area contributed by atoms with E-state index in [0.717, 1.165) is 16.9 Å². The Hall–Kier alpha value is -7.68. The molecular formula is C56H38N2. The van der Waals surface area contributed by atoms with Crippen LogP contribution in [0.3, 0.4) is 0 Å². The minimum Gasteiger partial charge on any atom is -0.316 e. The number of hydrogen-bond acceptors (Lipinski definition) is 0. The molecule has 272 valence electrons. The Morgan fingerprint density at radius 1 is 0.276 bits per heavy atom. The molecule has 11 rings (SSSR count). The second-order valence-electron chi connectivity index (χ2n) is 14.9. The summed E-state index contributed by atoms with van der Waals surface area (Å²) in [6.07, 6.45) is 2.24. The van der Waals surface area contributed by atoms with E-state index in [2.05, 4.69) is 240 Å². The monoisotopic (exact) mass is 738 g/mol. The van der Waals surface area contributed by atoms with Crippen molar-refractivity contribution in [3.05, 3.63) is 231 Å². The highest BCUT2D eigenvalue weighted by Gasteiger charge is 2.20. The zero-order chi connectivity index (χ0) is 38.4. The van der Waals surface area contributed by atoms with Crippen molar-refractivity contribution in [3.8, 4) is 67.0 Å². The molecule has 0 fully saturated rings. The highest BCUT2D eigenvalue weighted by atomic mass is 15.0. The van der Waals surface area contributed by atoms with Crippen LogP contribution >= 0.6 is 0 Å². The van der Waals surface area contributed by atoms with Crippen LogP contribution in [0.25, 0.3) is 99.7 Å². The molecule has 0 N–H and O–H groups in total. The maximum absolute atomic E-state index is 2.46. The van der Waals surface area contributed by atoms with E-state index in [0.29, 0.717) is 0 Å². The molecule has 0 bridgehead atoms. The van der Waals surface area contributed by atoms with Gasteiger partial charge in [0.05, 0.1) is 16.6 Å². The summed E-state index contributed by atoms with van der Waals surface area (Å²) in [7, 11) is 0. The SMILES string of the molecule is c1ccc(-c2cc(-c3ccccc3)cc(-n3ccc4c3ccc3c5cc(-c6c(-c7ccccc7)cccc6-c6ccccc6)ccc5n(-c5ccccc5)c34)c2)cc1. The van der Waals surface area contributed by atoms with Crippen LogP contribution in [0.4, 0.5) is 0 Å². The van der Waals surface area contributed by atoms with E-state index < -0.39 is 0 Å². The smallest absolute Gasteiger partial charge is 0.0635 e. The van der Waals surface area contributed by atoms with E-state index in [4.69, 9.17) is 0 Å². The van der Waals surface area contributed by atoms with Gasteiger partial charge in [0.1, 0.15) is 0 Å². The molecule has 0 aliphatic rings. The minimum atomic E-state index is 1.13. The molecule has 11 aromatic rings. The number of fused-ring (bicyclic) bond motifs is 5. The number of rotatable bonds is 7. The molecule has 0 aliphatic heterocycles. The van der Waals surface area contributed by atoms with Gasteiger partial charge >= 0.3 is 0 Å². The molecule has 0 saturated carbocycles. The van der Waals surface area contributed by atoms with Crippen LogP contribution in [0.2, 0.25) is 0 Å². The molecule has 0 atom stereocenters.